The first-order valence-corrected chi connectivity index (χ1v) is 8.82. The Hall–Kier alpha value is -3.28. The van der Waals surface area contributed by atoms with Crippen molar-refractivity contribution in [2.24, 2.45) is 0 Å². The van der Waals surface area contributed by atoms with Crippen LogP contribution in [-0.4, -0.2) is 30.5 Å². The average Bonchev–Trinajstić information content (AvgIpc) is 2.70. The highest BCUT2D eigenvalue weighted by Gasteiger charge is 2.22. The van der Waals surface area contributed by atoms with Crippen molar-refractivity contribution in [1.29, 1.82) is 0 Å². The lowest BCUT2D eigenvalue weighted by Crippen LogP contribution is -2.49. The predicted octanol–water partition coefficient (Wildman–Crippen LogP) is 2.65. The van der Waals surface area contributed by atoms with Crippen molar-refractivity contribution >= 4 is 17.5 Å². The van der Waals surface area contributed by atoms with Crippen molar-refractivity contribution in [3.63, 3.8) is 0 Å². The van der Waals surface area contributed by atoms with Crippen molar-refractivity contribution in [2.75, 3.05) is 13.7 Å². The molecule has 0 fully saturated rings. The van der Waals surface area contributed by atoms with Crippen LogP contribution in [0.3, 0.4) is 0 Å². The van der Waals surface area contributed by atoms with Crippen molar-refractivity contribution < 1.29 is 14.3 Å². The summed E-state index contributed by atoms with van der Waals surface area (Å²) >= 11 is 0. The summed E-state index contributed by atoms with van der Waals surface area (Å²) in [4.78, 5) is 24.6. The van der Waals surface area contributed by atoms with E-state index in [1.54, 1.807) is 7.11 Å². The van der Waals surface area contributed by atoms with E-state index in [1.165, 1.54) is 5.01 Å². The number of hydrogen-bond acceptors (Lipinski definition) is 4. The second-order valence-corrected chi connectivity index (χ2v) is 6.34. The second kappa shape index (κ2) is 8.40. The SMILES string of the molecule is COc1ccc(C2=CCC(=O)N(CC(=O)NC(C)c3ccccc3)N2)cc1. The van der Waals surface area contributed by atoms with Crippen LogP contribution in [0.1, 0.15) is 30.5 Å². The van der Waals surface area contributed by atoms with Crippen LogP contribution in [0.2, 0.25) is 0 Å². The molecule has 0 aliphatic carbocycles. The van der Waals surface area contributed by atoms with Gasteiger partial charge in [-0.2, -0.15) is 0 Å². The zero-order valence-electron chi connectivity index (χ0n) is 15.4. The number of methoxy groups -OCH3 is 1. The Morgan fingerprint density at radius 1 is 1.19 bits per heavy atom. The number of benzene rings is 2. The van der Waals surface area contributed by atoms with Gasteiger partial charge in [0.25, 0.3) is 0 Å². The van der Waals surface area contributed by atoms with Gasteiger partial charge in [0, 0.05) is 6.42 Å². The molecule has 27 heavy (non-hydrogen) atoms. The number of carbonyl (C=O) groups excluding carboxylic acids is 2. The van der Waals surface area contributed by atoms with Gasteiger partial charge in [-0.1, -0.05) is 30.3 Å². The first-order valence-electron chi connectivity index (χ1n) is 8.82. The minimum atomic E-state index is -0.219. The van der Waals surface area contributed by atoms with Crippen molar-refractivity contribution in [3.8, 4) is 5.75 Å². The molecule has 0 bridgehead atoms. The fourth-order valence-electron chi connectivity index (χ4n) is 2.89. The van der Waals surface area contributed by atoms with Crippen LogP contribution in [0.4, 0.5) is 0 Å². The largest absolute Gasteiger partial charge is 0.497 e. The number of ether oxygens (including phenoxy) is 1. The smallest absolute Gasteiger partial charge is 0.245 e. The number of rotatable bonds is 6. The van der Waals surface area contributed by atoms with E-state index in [9.17, 15) is 9.59 Å². The fourth-order valence-corrected chi connectivity index (χ4v) is 2.89. The lowest BCUT2D eigenvalue weighted by atomic mass is 10.1. The summed E-state index contributed by atoms with van der Waals surface area (Å²) < 4.78 is 5.16. The molecule has 1 aliphatic heterocycles. The Balaban J connectivity index is 1.61. The van der Waals surface area contributed by atoms with Crippen LogP contribution < -0.4 is 15.5 Å². The molecule has 6 heteroatoms. The van der Waals surface area contributed by atoms with Crippen LogP contribution >= 0.6 is 0 Å². The van der Waals surface area contributed by atoms with E-state index >= 15 is 0 Å². The molecule has 0 spiro atoms. The van der Waals surface area contributed by atoms with Gasteiger partial charge in [0.15, 0.2) is 0 Å². The van der Waals surface area contributed by atoms with E-state index < -0.39 is 0 Å². The summed E-state index contributed by atoms with van der Waals surface area (Å²) in [6.45, 7) is 1.87. The van der Waals surface area contributed by atoms with E-state index in [4.69, 9.17) is 4.74 Å². The van der Waals surface area contributed by atoms with Crippen LogP contribution in [0, 0.1) is 0 Å². The molecule has 0 radical (unpaired) electrons. The molecule has 3 rings (SSSR count). The minimum Gasteiger partial charge on any atom is -0.497 e. The lowest BCUT2D eigenvalue weighted by molar-refractivity contribution is -0.138. The molecule has 140 valence electrons. The van der Waals surface area contributed by atoms with Gasteiger partial charge in [0.1, 0.15) is 12.3 Å². The van der Waals surface area contributed by atoms with Gasteiger partial charge in [0.05, 0.1) is 18.8 Å². The van der Waals surface area contributed by atoms with Crippen molar-refractivity contribution in [3.05, 3.63) is 71.8 Å². The van der Waals surface area contributed by atoms with Gasteiger partial charge in [-0.3, -0.25) is 15.0 Å². The highest BCUT2D eigenvalue weighted by molar-refractivity contribution is 5.88. The highest BCUT2D eigenvalue weighted by Crippen LogP contribution is 2.20. The zero-order valence-corrected chi connectivity index (χ0v) is 15.4. The summed E-state index contributed by atoms with van der Waals surface area (Å²) in [7, 11) is 1.61. The highest BCUT2D eigenvalue weighted by atomic mass is 16.5. The van der Waals surface area contributed by atoms with Crippen LogP contribution in [-0.2, 0) is 9.59 Å². The first kappa shape index (κ1) is 18.5. The van der Waals surface area contributed by atoms with Crippen LogP contribution in [0.15, 0.2) is 60.7 Å². The standard InChI is InChI=1S/C21H23N3O3/c1-15(16-6-4-3-5-7-16)22-20(25)14-24-21(26)13-12-19(23-24)17-8-10-18(27-2)11-9-17/h3-12,15,23H,13-14H2,1-2H3,(H,22,25). The Kier molecular flexibility index (Phi) is 5.76. The number of nitrogens with zero attached hydrogens (tertiary/aromatic N) is 1. The van der Waals surface area contributed by atoms with E-state index in [2.05, 4.69) is 10.7 Å². The Labute approximate surface area is 158 Å². The molecule has 2 N–H and O–H groups in total. The number of nitrogens with one attached hydrogen (secondary N) is 2. The summed E-state index contributed by atoms with van der Waals surface area (Å²) in [5.74, 6) is 0.398. The molecule has 0 saturated carbocycles. The summed E-state index contributed by atoms with van der Waals surface area (Å²) in [5, 5.41) is 4.28. The van der Waals surface area contributed by atoms with Gasteiger partial charge < -0.3 is 10.1 Å². The summed E-state index contributed by atoms with van der Waals surface area (Å²) in [5.41, 5.74) is 5.78. The van der Waals surface area contributed by atoms with Gasteiger partial charge in [0.2, 0.25) is 11.8 Å². The molecule has 1 aliphatic rings. The predicted molar refractivity (Wildman–Crippen MR) is 103 cm³/mol. The Morgan fingerprint density at radius 3 is 2.56 bits per heavy atom. The van der Waals surface area contributed by atoms with E-state index in [-0.39, 0.29) is 30.8 Å². The van der Waals surface area contributed by atoms with Crippen molar-refractivity contribution in [2.45, 2.75) is 19.4 Å². The van der Waals surface area contributed by atoms with Crippen LogP contribution in [0.5, 0.6) is 5.75 Å². The van der Waals surface area contributed by atoms with Gasteiger partial charge in [-0.25, -0.2) is 5.01 Å². The summed E-state index contributed by atoms with van der Waals surface area (Å²) in [6, 6.07) is 17.1. The van der Waals surface area contributed by atoms with E-state index in [0.29, 0.717) is 0 Å². The number of amides is 2. The quantitative estimate of drug-likeness (QED) is 0.826. The Bertz CT molecular complexity index is 832. The topological polar surface area (TPSA) is 70.7 Å². The average molecular weight is 365 g/mol. The second-order valence-electron chi connectivity index (χ2n) is 6.34. The maximum atomic E-state index is 12.4. The molecule has 1 heterocycles. The molecule has 2 aromatic carbocycles. The molecular formula is C21H23N3O3. The van der Waals surface area contributed by atoms with Gasteiger partial charge in [-0.15, -0.1) is 0 Å². The molecular weight excluding hydrogens is 342 g/mol. The minimum absolute atomic E-state index is 0.0521. The van der Waals surface area contributed by atoms with Crippen molar-refractivity contribution in [1.82, 2.24) is 15.8 Å². The zero-order chi connectivity index (χ0) is 19.2. The molecule has 2 aromatic rings. The third-order valence-corrected chi connectivity index (χ3v) is 4.42. The third-order valence-electron chi connectivity index (χ3n) is 4.42. The molecule has 2 amide bonds. The molecule has 0 saturated heterocycles. The fraction of sp³-hybridized carbons (Fsp3) is 0.238. The van der Waals surface area contributed by atoms with E-state index in [1.807, 2.05) is 67.6 Å². The summed E-state index contributed by atoms with van der Waals surface area (Å²) in [6.07, 6.45) is 2.07. The maximum absolute atomic E-state index is 12.4. The third kappa shape index (κ3) is 4.67. The Morgan fingerprint density at radius 2 is 1.89 bits per heavy atom. The molecule has 1 atom stereocenters. The normalized spacial score (nSPS) is 14.8. The molecule has 1 unspecified atom stereocenters. The number of carbonyl (C=O) groups is 2. The molecule has 6 nitrogen and oxygen atoms in total. The van der Waals surface area contributed by atoms with Gasteiger partial charge in [-0.05, 0) is 48.4 Å². The van der Waals surface area contributed by atoms with Crippen LogP contribution in [0.25, 0.3) is 5.70 Å². The number of hydrogen-bond donors (Lipinski definition) is 2. The maximum Gasteiger partial charge on any atom is 0.245 e. The van der Waals surface area contributed by atoms with E-state index in [0.717, 1.165) is 22.6 Å². The lowest BCUT2D eigenvalue weighted by Gasteiger charge is -2.29. The van der Waals surface area contributed by atoms with Gasteiger partial charge >= 0.3 is 0 Å². The monoisotopic (exact) mass is 365 g/mol. The first-order chi connectivity index (χ1) is 13.1. The number of hydrazine groups is 1. The molecule has 0 aromatic heterocycles.